The molecule has 0 aliphatic carbocycles. The Balaban J connectivity index is 1.86. The zero-order chi connectivity index (χ0) is 14.4. The van der Waals surface area contributed by atoms with E-state index in [-0.39, 0.29) is 0 Å². The summed E-state index contributed by atoms with van der Waals surface area (Å²) in [6.45, 7) is 0. The molecule has 2 aromatic carbocycles. The van der Waals surface area contributed by atoms with Gasteiger partial charge in [-0.15, -0.1) is 0 Å². The molecule has 0 bridgehead atoms. The SMILES string of the molecule is O=P1(c2ccccc2)CCc2[nH]c3ccc(Cl)cc3c2C1. The molecule has 0 amide bonds. The molecule has 0 saturated carbocycles. The van der Waals surface area contributed by atoms with Crippen molar-refractivity contribution in [3.8, 4) is 0 Å². The van der Waals surface area contributed by atoms with Gasteiger partial charge in [0.05, 0.1) is 0 Å². The lowest BCUT2D eigenvalue weighted by Gasteiger charge is -2.23. The Kier molecular flexibility index (Phi) is 2.99. The zero-order valence-corrected chi connectivity index (χ0v) is 13.1. The second-order valence-corrected chi connectivity index (χ2v) is 9.12. The third-order valence-corrected chi connectivity index (χ3v) is 7.57. The minimum Gasteiger partial charge on any atom is -0.358 e. The molecule has 21 heavy (non-hydrogen) atoms. The molecule has 4 rings (SSSR count). The number of nitrogens with one attached hydrogen (secondary N) is 1. The van der Waals surface area contributed by atoms with Crippen molar-refractivity contribution in [3.05, 3.63) is 64.8 Å². The summed E-state index contributed by atoms with van der Waals surface area (Å²) in [5.41, 5.74) is 3.49. The van der Waals surface area contributed by atoms with E-state index >= 15 is 0 Å². The highest BCUT2D eigenvalue weighted by molar-refractivity contribution is 7.70. The van der Waals surface area contributed by atoms with Crippen LogP contribution in [0.3, 0.4) is 0 Å². The minimum atomic E-state index is -2.35. The second kappa shape index (κ2) is 4.76. The fourth-order valence-corrected chi connectivity index (χ4v) is 6.16. The molecule has 1 aromatic heterocycles. The third-order valence-electron chi connectivity index (χ3n) is 4.32. The van der Waals surface area contributed by atoms with Crippen molar-refractivity contribution in [3.63, 3.8) is 0 Å². The summed E-state index contributed by atoms with van der Waals surface area (Å²) in [5.74, 6) is 0. The number of hydrogen-bond acceptors (Lipinski definition) is 1. The second-order valence-electron chi connectivity index (χ2n) is 5.63. The van der Waals surface area contributed by atoms with Crippen molar-refractivity contribution < 1.29 is 4.57 Å². The van der Waals surface area contributed by atoms with E-state index in [1.807, 2.05) is 48.5 Å². The summed E-state index contributed by atoms with van der Waals surface area (Å²) in [7, 11) is -2.35. The van der Waals surface area contributed by atoms with Crippen molar-refractivity contribution in [2.45, 2.75) is 12.6 Å². The predicted molar refractivity (Wildman–Crippen MR) is 89.3 cm³/mol. The van der Waals surface area contributed by atoms with Crippen LogP contribution in [0.4, 0.5) is 0 Å². The maximum Gasteiger partial charge on any atom is 0.120 e. The van der Waals surface area contributed by atoms with Crippen LogP contribution in [0.1, 0.15) is 11.3 Å². The topological polar surface area (TPSA) is 32.9 Å². The number of halogens is 1. The van der Waals surface area contributed by atoms with Gasteiger partial charge < -0.3 is 9.55 Å². The van der Waals surface area contributed by atoms with Crippen molar-refractivity contribution in [2.24, 2.45) is 0 Å². The Morgan fingerprint density at radius 1 is 1.10 bits per heavy atom. The molecule has 1 aliphatic heterocycles. The van der Waals surface area contributed by atoms with Crippen molar-refractivity contribution >= 4 is 35.0 Å². The van der Waals surface area contributed by atoms with Crippen LogP contribution in [-0.2, 0) is 17.1 Å². The summed E-state index contributed by atoms with van der Waals surface area (Å²) < 4.78 is 13.4. The average molecular weight is 316 g/mol. The molecule has 1 aliphatic rings. The molecule has 1 unspecified atom stereocenters. The maximum atomic E-state index is 13.4. The largest absolute Gasteiger partial charge is 0.358 e. The number of H-pyrrole nitrogens is 1. The average Bonchev–Trinajstić information content (AvgIpc) is 2.85. The number of aromatic amines is 1. The van der Waals surface area contributed by atoms with Gasteiger partial charge in [-0.1, -0.05) is 41.9 Å². The van der Waals surface area contributed by atoms with Crippen LogP contribution >= 0.6 is 18.7 Å². The highest BCUT2D eigenvalue weighted by atomic mass is 35.5. The molecule has 106 valence electrons. The van der Waals surface area contributed by atoms with Gasteiger partial charge in [-0.2, -0.15) is 0 Å². The van der Waals surface area contributed by atoms with E-state index in [4.69, 9.17) is 11.6 Å². The molecule has 1 atom stereocenters. The first-order valence-corrected chi connectivity index (χ1v) is 9.54. The molecule has 4 heteroatoms. The van der Waals surface area contributed by atoms with Crippen LogP contribution < -0.4 is 5.30 Å². The number of benzene rings is 2. The normalized spacial score (nSPS) is 21.4. The Hall–Kier alpha value is -1.50. The summed E-state index contributed by atoms with van der Waals surface area (Å²) in [6, 6.07) is 15.8. The molecule has 2 heterocycles. The highest BCUT2D eigenvalue weighted by Gasteiger charge is 2.32. The first-order valence-electron chi connectivity index (χ1n) is 7.08. The monoisotopic (exact) mass is 315 g/mol. The van der Waals surface area contributed by atoms with Gasteiger partial charge in [0, 0.05) is 39.2 Å². The first kappa shape index (κ1) is 13.2. The van der Waals surface area contributed by atoms with Gasteiger partial charge >= 0.3 is 0 Å². The van der Waals surface area contributed by atoms with E-state index in [1.165, 1.54) is 11.3 Å². The minimum absolute atomic E-state index is 0.632. The lowest BCUT2D eigenvalue weighted by atomic mass is 10.1. The number of aromatic nitrogens is 1. The van der Waals surface area contributed by atoms with E-state index in [9.17, 15) is 4.57 Å². The maximum absolute atomic E-state index is 13.4. The standard InChI is InChI=1S/C17H15ClNOP/c18-12-6-7-16-14(10-12)15-11-21(20,9-8-17(15)19-16)13-4-2-1-3-5-13/h1-7,10,19H,8-9,11H2. The van der Waals surface area contributed by atoms with Crippen molar-refractivity contribution in [1.82, 2.24) is 4.98 Å². The predicted octanol–water partition coefficient (Wildman–Crippen LogP) is 4.57. The van der Waals surface area contributed by atoms with Crippen molar-refractivity contribution in [1.29, 1.82) is 0 Å². The lowest BCUT2D eigenvalue weighted by Crippen LogP contribution is -2.16. The van der Waals surface area contributed by atoms with E-state index in [0.29, 0.717) is 6.16 Å². The molecule has 0 spiro atoms. The van der Waals surface area contributed by atoms with Gasteiger partial charge in [0.15, 0.2) is 0 Å². The van der Waals surface area contributed by atoms with Crippen LogP contribution in [0, 0.1) is 0 Å². The molecule has 2 nitrogen and oxygen atoms in total. The van der Waals surface area contributed by atoms with Crippen LogP contribution in [0.2, 0.25) is 5.02 Å². The number of aryl methyl sites for hydroxylation is 1. The summed E-state index contributed by atoms with van der Waals surface area (Å²) in [4.78, 5) is 3.45. The summed E-state index contributed by atoms with van der Waals surface area (Å²) >= 11 is 6.12. The Bertz CT molecular complexity index is 869. The van der Waals surface area contributed by atoms with Crippen molar-refractivity contribution in [2.75, 3.05) is 6.16 Å². The number of hydrogen-bond donors (Lipinski definition) is 1. The number of rotatable bonds is 1. The first-order chi connectivity index (χ1) is 10.2. The van der Waals surface area contributed by atoms with E-state index < -0.39 is 7.14 Å². The van der Waals surface area contributed by atoms with Crippen LogP contribution in [0.5, 0.6) is 0 Å². The Labute approximate surface area is 128 Å². The summed E-state index contributed by atoms with van der Waals surface area (Å²) in [6.07, 6.45) is 2.21. The van der Waals surface area contributed by atoms with Gasteiger partial charge in [0.1, 0.15) is 7.14 Å². The van der Waals surface area contributed by atoms with Gasteiger partial charge in [-0.3, -0.25) is 0 Å². The highest BCUT2D eigenvalue weighted by Crippen LogP contribution is 2.53. The Morgan fingerprint density at radius 2 is 1.90 bits per heavy atom. The quantitative estimate of drug-likeness (QED) is 0.656. The molecule has 0 radical (unpaired) electrons. The van der Waals surface area contributed by atoms with E-state index in [2.05, 4.69) is 4.98 Å². The fraction of sp³-hybridized carbons (Fsp3) is 0.176. The van der Waals surface area contributed by atoms with Gasteiger partial charge in [-0.25, -0.2) is 0 Å². The zero-order valence-electron chi connectivity index (χ0n) is 11.5. The molecule has 0 fully saturated rings. The number of fused-ring (bicyclic) bond motifs is 3. The lowest BCUT2D eigenvalue weighted by molar-refractivity contribution is 0.578. The van der Waals surface area contributed by atoms with Gasteiger partial charge in [-0.05, 0) is 30.2 Å². The van der Waals surface area contributed by atoms with E-state index in [1.54, 1.807) is 0 Å². The molecule has 0 saturated heterocycles. The molecular weight excluding hydrogens is 301 g/mol. The third kappa shape index (κ3) is 2.14. The summed E-state index contributed by atoms with van der Waals surface area (Å²) in [5, 5.41) is 2.84. The van der Waals surface area contributed by atoms with E-state index in [0.717, 1.165) is 33.8 Å². The Morgan fingerprint density at radius 3 is 2.71 bits per heavy atom. The smallest absolute Gasteiger partial charge is 0.120 e. The molecular formula is C17H15ClNOP. The van der Waals surface area contributed by atoms with Gasteiger partial charge in [0.25, 0.3) is 0 Å². The fourth-order valence-electron chi connectivity index (χ4n) is 3.22. The molecule has 1 N–H and O–H groups in total. The van der Waals surface area contributed by atoms with Crippen LogP contribution in [0.15, 0.2) is 48.5 Å². The van der Waals surface area contributed by atoms with Gasteiger partial charge in [0.2, 0.25) is 0 Å². The molecule has 3 aromatic rings. The van der Waals surface area contributed by atoms with Crippen LogP contribution in [-0.4, -0.2) is 11.1 Å². The van der Waals surface area contributed by atoms with Crippen LogP contribution in [0.25, 0.3) is 10.9 Å².